The molecular weight excluding hydrogens is 459 g/mol. The Morgan fingerprint density at radius 1 is 0.618 bits per heavy atom. The van der Waals surface area contributed by atoms with Crippen molar-refractivity contribution in [2.24, 2.45) is 0 Å². The third-order valence-electron chi connectivity index (χ3n) is 8.10. The van der Waals surface area contributed by atoms with Crippen molar-refractivity contribution in [3.05, 3.63) is 29.8 Å². The van der Waals surface area contributed by atoms with Gasteiger partial charge in [-0.15, -0.1) is 0 Å². The van der Waals surface area contributed by atoms with Crippen LogP contribution in [0.1, 0.15) is 123 Å². The van der Waals surface area contributed by atoms with Gasteiger partial charge in [0.05, 0.1) is 0 Å². The Morgan fingerprint density at radius 3 is 1.38 bits per heavy atom. The summed E-state index contributed by atoms with van der Waals surface area (Å²) in [4.78, 5) is 0.295. The van der Waals surface area contributed by atoms with Gasteiger partial charge in [-0.05, 0) is 0 Å². The number of benzene rings is 1. The molecule has 0 N–H and O–H groups in total. The van der Waals surface area contributed by atoms with E-state index in [0.29, 0.717) is 4.90 Å². The molecule has 0 saturated heterocycles. The molecule has 0 aromatic heterocycles. The average molecular weight is 515 g/mol. The van der Waals surface area contributed by atoms with Gasteiger partial charge in [-0.1, -0.05) is 26.2 Å². The van der Waals surface area contributed by atoms with Crippen LogP contribution in [0.25, 0.3) is 0 Å². The summed E-state index contributed by atoms with van der Waals surface area (Å²) in [5.74, 6) is 0. The van der Waals surface area contributed by atoms with Crippen molar-refractivity contribution in [1.29, 1.82) is 0 Å². The molecule has 1 rings (SSSR count). The van der Waals surface area contributed by atoms with Crippen LogP contribution in [-0.2, 0) is 14.1 Å². The zero-order chi connectivity index (χ0) is 25.4. The monoisotopic (exact) mass is 514 g/mol. The number of hydrogen-bond acceptors (Lipinski definition) is 3. The van der Waals surface area contributed by atoms with E-state index >= 15 is 0 Å². The first-order chi connectivity index (χ1) is 16.3. The SMILES string of the molecule is CCCCCCCCCCCCCCCCP(CC)(CC)(CC)OS(=O)(=O)c1ccc(C)cc1. The Balaban J connectivity index is 2.41. The van der Waals surface area contributed by atoms with E-state index in [-0.39, 0.29) is 0 Å². The number of unbranched alkanes of at least 4 members (excludes halogenated alkanes) is 13. The van der Waals surface area contributed by atoms with E-state index in [2.05, 4.69) is 27.7 Å². The first-order valence-electron chi connectivity index (χ1n) is 14.3. The van der Waals surface area contributed by atoms with Gasteiger partial charge in [0.2, 0.25) is 0 Å². The third-order valence-corrected chi connectivity index (χ3v) is 17.7. The van der Waals surface area contributed by atoms with E-state index in [0.717, 1.165) is 36.6 Å². The number of aryl methyl sites for hydroxylation is 1. The van der Waals surface area contributed by atoms with E-state index < -0.39 is 16.9 Å². The van der Waals surface area contributed by atoms with Gasteiger partial charge in [0.1, 0.15) is 0 Å². The van der Waals surface area contributed by atoms with E-state index in [1.54, 1.807) is 12.1 Å². The molecule has 0 amide bonds. The van der Waals surface area contributed by atoms with Crippen LogP contribution in [0.15, 0.2) is 29.2 Å². The molecule has 0 saturated carbocycles. The molecule has 0 heterocycles. The summed E-state index contributed by atoms with van der Waals surface area (Å²) in [5.41, 5.74) is 1.06. The molecule has 34 heavy (non-hydrogen) atoms. The zero-order valence-corrected chi connectivity index (χ0v) is 24.8. The van der Waals surface area contributed by atoms with E-state index in [4.69, 9.17) is 3.97 Å². The third kappa shape index (κ3) is 10.7. The summed E-state index contributed by atoms with van der Waals surface area (Å²) in [6.07, 6.45) is 22.1. The molecule has 0 aliphatic carbocycles. The molecule has 0 aliphatic rings. The summed E-state index contributed by atoms with van der Waals surface area (Å²) in [5, 5.41) is 0. The molecule has 5 heteroatoms. The number of hydrogen-bond donors (Lipinski definition) is 0. The predicted molar refractivity (Wildman–Crippen MR) is 153 cm³/mol. The Morgan fingerprint density at radius 2 is 1.00 bits per heavy atom. The van der Waals surface area contributed by atoms with Crippen molar-refractivity contribution in [2.45, 2.75) is 129 Å². The van der Waals surface area contributed by atoms with Gasteiger partial charge in [-0.25, -0.2) is 0 Å². The molecule has 1 aromatic carbocycles. The molecule has 1 aromatic rings. The van der Waals surface area contributed by atoms with Crippen LogP contribution in [0.4, 0.5) is 0 Å². The second-order valence-electron chi connectivity index (χ2n) is 10.5. The fraction of sp³-hybridized carbons (Fsp3) is 0.793. The number of rotatable bonds is 21. The van der Waals surface area contributed by atoms with Gasteiger partial charge in [0.25, 0.3) is 0 Å². The molecule has 0 fully saturated rings. The van der Waals surface area contributed by atoms with Crippen LogP contribution in [0, 0.1) is 6.92 Å². The van der Waals surface area contributed by atoms with Crippen LogP contribution < -0.4 is 0 Å². The van der Waals surface area contributed by atoms with Crippen molar-refractivity contribution in [2.75, 3.05) is 24.6 Å². The molecule has 0 bridgehead atoms. The fourth-order valence-electron chi connectivity index (χ4n) is 5.07. The van der Waals surface area contributed by atoms with Gasteiger partial charge in [0.15, 0.2) is 0 Å². The second kappa shape index (κ2) is 16.3. The maximum atomic E-state index is 13.2. The predicted octanol–water partition coefficient (Wildman–Crippen LogP) is 9.71. The van der Waals surface area contributed by atoms with E-state index in [1.807, 2.05) is 19.1 Å². The summed E-state index contributed by atoms with van der Waals surface area (Å²) in [6, 6.07) is 7.07. The first-order valence-corrected chi connectivity index (χ1v) is 18.6. The molecular formula is C29H55O3PS. The molecule has 0 radical (unpaired) electrons. The molecule has 0 unspecified atom stereocenters. The van der Waals surface area contributed by atoms with Crippen molar-refractivity contribution in [3.63, 3.8) is 0 Å². The van der Waals surface area contributed by atoms with Crippen LogP contribution in [0.5, 0.6) is 0 Å². The first kappa shape index (κ1) is 31.6. The Bertz CT molecular complexity index is 743. The quantitative estimate of drug-likeness (QED) is 0.121. The fourth-order valence-corrected chi connectivity index (χ4v) is 13.0. The maximum absolute atomic E-state index is 13.2. The normalized spacial score (nSPS) is 13.6. The van der Waals surface area contributed by atoms with Gasteiger partial charge in [-0.3, -0.25) is 0 Å². The average Bonchev–Trinajstić information content (AvgIpc) is 2.84. The second-order valence-corrected chi connectivity index (χ2v) is 18.5. The summed E-state index contributed by atoms with van der Waals surface area (Å²) < 4.78 is 32.7. The van der Waals surface area contributed by atoms with Crippen molar-refractivity contribution >= 4 is 16.9 Å². The van der Waals surface area contributed by atoms with Crippen molar-refractivity contribution < 1.29 is 12.4 Å². The van der Waals surface area contributed by atoms with Gasteiger partial charge in [-0.2, -0.15) is 0 Å². The summed E-state index contributed by atoms with van der Waals surface area (Å²) >= 11 is 0. The standard InChI is InChI=1S/C29H55O3PS/c1-6-10-11-12-13-14-15-16-17-18-19-20-21-22-27-33(7-2,8-3,9-4)32-34(30,31)29-25-23-28(5)24-26-29/h23-26H,6-22,27H2,1-5H3. The van der Waals surface area contributed by atoms with Gasteiger partial charge in [0, 0.05) is 0 Å². The minimum atomic E-state index is -3.74. The van der Waals surface area contributed by atoms with Gasteiger partial charge < -0.3 is 0 Å². The molecule has 200 valence electrons. The van der Waals surface area contributed by atoms with E-state index in [9.17, 15) is 8.42 Å². The Labute approximate surface area is 213 Å². The van der Waals surface area contributed by atoms with Crippen LogP contribution in [0.3, 0.4) is 0 Å². The van der Waals surface area contributed by atoms with Crippen LogP contribution in [-0.4, -0.2) is 33.1 Å². The van der Waals surface area contributed by atoms with Crippen molar-refractivity contribution in [3.8, 4) is 0 Å². The topological polar surface area (TPSA) is 43.4 Å². The Hall–Kier alpha value is -0.440. The molecule has 0 spiro atoms. The molecule has 0 aliphatic heterocycles. The van der Waals surface area contributed by atoms with E-state index in [1.165, 1.54) is 83.5 Å². The van der Waals surface area contributed by atoms with Gasteiger partial charge >= 0.3 is 187 Å². The van der Waals surface area contributed by atoms with Crippen LogP contribution >= 0.6 is 6.83 Å². The molecule has 0 atom stereocenters. The summed E-state index contributed by atoms with van der Waals surface area (Å²) in [7, 11) is -3.74. The zero-order valence-electron chi connectivity index (χ0n) is 23.1. The van der Waals surface area contributed by atoms with Crippen molar-refractivity contribution in [1.82, 2.24) is 0 Å². The molecule has 3 nitrogen and oxygen atoms in total. The summed E-state index contributed by atoms with van der Waals surface area (Å²) in [6.45, 7) is 7.88. The Kier molecular flexibility index (Phi) is 15.2. The minimum absolute atomic E-state index is 0.295. The van der Waals surface area contributed by atoms with Crippen LogP contribution in [0.2, 0.25) is 0 Å².